The van der Waals surface area contributed by atoms with Crippen molar-refractivity contribution < 1.29 is 0 Å². The lowest BCUT2D eigenvalue weighted by Gasteiger charge is -1.74. The quantitative estimate of drug-likeness (QED) is 0.650. The second kappa shape index (κ2) is 1.97. The van der Waals surface area contributed by atoms with Crippen molar-refractivity contribution in [3.05, 3.63) is 16.1 Å². The van der Waals surface area contributed by atoms with Crippen molar-refractivity contribution in [2.75, 3.05) is 0 Å². The van der Waals surface area contributed by atoms with Crippen LogP contribution in [0.15, 0.2) is 5.38 Å². The fraction of sp³-hybridized carbons (Fsp3) is 0.167. The van der Waals surface area contributed by atoms with Gasteiger partial charge in [-0.2, -0.15) is 5.10 Å². The van der Waals surface area contributed by atoms with E-state index in [2.05, 4.69) is 15.6 Å². The van der Waals surface area contributed by atoms with Crippen molar-refractivity contribution >= 4 is 33.2 Å². The van der Waals surface area contributed by atoms with E-state index < -0.39 is 0 Å². The third kappa shape index (κ3) is 0.676. The van der Waals surface area contributed by atoms with Crippen LogP contribution < -0.4 is 0 Å². The van der Waals surface area contributed by atoms with Crippen LogP contribution in [0, 0.1) is 6.92 Å². The molecular weight excluding hydrogens is 168 g/mol. The van der Waals surface area contributed by atoms with Crippen LogP contribution in [0.4, 0.5) is 0 Å². The molecule has 2 rings (SSSR count). The van der Waals surface area contributed by atoms with E-state index in [9.17, 15) is 0 Å². The summed E-state index contributed by atoms with van der Waals surface area (Å²) in [4.78, 5) is 0. The van der Waals surface area contributed by atoms with E-state index in [-0.39, 0.29) is 0 Å². The van der Waals surface area contributed by atoms with E-state index >= 15 is 0 Å². The van der Waals surface area contributed by atoms with Gasteiger partial charge in [0.25, 0.3) is 0 Å². The van der Waals surface area contributed by atoms with Crippen molar-refractivity contribution in [2.45, 2.75) is 6.92 Å². The van der Waals surface area contributed by atoms with E-state index in [1.54, 1.807) is 11.3 Å². The number of fused-ring (bicyclic) bond motifs is 1. The first kappa shape index (κ1) is 6.19. The van der Waals surface area contributed by atoms with E-state index in [1.807, 2.05) is 6.92 Å². The zero-order valence-corrected chi connectivity index (χ0v) is 6.88. The summed E-state index contributed by atoms with van der Waals surface area (Å²) in [5, 5.41) is 9.45. The van der Waals surface area contributed by atoms with Crippen molar-refractivity contribution in [1.29, 1.82) is 0 Å². The van der Waals surface area contributed by atoms with Crippen LogP contribution in [0.3, 0.4) is 0 Å². The first-order valence-corrected chi connectivity index (χ1v) is 4.12. The summed E-state index contributed by atoms with van der Waals surface area (Å²) in [7, 11) is 0. The maximum absolute atomic E-state index is 5.78. The number of halogens is 1. The predicted molar refractivity (Wildman–Crippen MR) is 43.7 cm³/mol. The molecule has 0 unspecified atom stereocenters. The van der Waals surface area contributed by atoms with Crippen LogP contribution in [0.5, 0.6) is 0 Å². The summed E-state index contributed by atoms with van der Waals surface area (Å²) in [6, 6.07) is 0. The minimum atomic E-state index is 0.646. The molecule has 52 valence electrons. The van der Waals surface area contributed by atoms with Gasteiger partial charge in [0.05, 0.1) is 4.70 Å². The third-order valence-corrected chi connectivity index (χ3v) is 2.90. The Morgan fingerprint density at radius 3 is 3.20 bits per heavy atom. The first-order chi connectivity index (χ1) is 4.79. The topological polar surface area (TPSA) is 28.7 Å². The molecule has 2 nitrogen and oxygen atoms in total. The maximum atomic E-state index is 5.78. The van der Waals surface area contributed by atoms with Gasteiger partial charge in [-0.15, -0.1) is 11.3 Å². The minimum Gasteiger partial charge on any atom is -0.265 e. The molecule has 1 N–H and O–H groups in total. The highest BCUT2D eigenvalue weighted by Gasteiger charge is 2.05. The van der Waals surface area contributed by atoms with Crippen molar-refractivity contribution in [2.24, 2.45) is 0 Å². The van der Waals surface area contributed by atoms with Gasteiger partial charge >= 0.3 is 0 Å². The first-order valence-electron chi connectivity index (χ1n) is 2.86. The highest BCUT2D eigenvalue weighted by Crippen LogP contribution is 2.28. The molecule has 0 saturated carbocycles. The zero-order chi connectivity index (χ0) is 7.14. The predicted octanol–water partition coefficient (Wildman–Crippen LogP) is 2.59. The van der Waals surface area contributed by atoms with E-state index in [4.69, 9.17) is 11.6 Å². The molecule has 0 aromatic carbocycles. The van der Waals surface area contributed by atoms with Crippen LogP contribution in [0.25, 0.3) is 10.2 Å². The molecule has 4 heteroatoms. The second-order valence-electron chi connectivity index (χ2n) is 2.13. The molecule has 0 amide bonds. The molecule has 2 aromatic rings. The molecule has 2 aromatic heterocycles. The number of rotatable bonds is 0. The largest absolute Gasteiger partial charge is 0.265 e. The van der Waals surface area contributed by atoms with Crippen molar-refractivity contribution in [1.82, 2.24) is 10.2 Å². The average Bonchev–Trinajstić information content (AvgIpc) is 2.41. The lowest BCUT2D eigenvalue weighted by Crippen LogP contribution is -1.67. The average molecular weight is 173 g/mol. The summed E-state index contributed by atoms with van der Waals surface area (Å²) in [5.74, 6) is 0. The Balaban J connectivity index is 2.95. The van der Waals surface area contributed by atoms with Gasteiger partial charge in [-0.3, -0.25) is 5.10 Å². The number of nitrogens with one attached hydrogen (secondary N) is 1. The number of hydrogen-bond donors (Lipinski definition) is 1. The summed E-state index contributed by atoms with van der Waals surface area (Å²) in [6.45, 7) is 2.02. The Morgan fingerprint density at radius 2 is 2.50 bits per heavy atom. The number of thiophene rings is 1. The van der Waals surface area contributed by atoms with Gasteiger partial charge in [0, 0.05) is 0 Å². The van der Waals surface area contributed by atoms with Crippen molar-refractivity contribution in [3.63, 3.8) is 0 Å². The molecule has 0 atom stereocenters. The Kier molecular flexibility index (Phi) is 1.22. The van der Waals surface area contributed by atoms with Crippen LogP contribution in [0.2, 0.25) is 5.15 Å². The highest BCUT2D eigenvalue weighted by molar-refractivity contribution is 7.18. The number of aromatic nitrogens is 2. The standard InChI is InChI=1S/C6H5ClN2S/c1-3-2-10-5-4(3)8-9-6(5)7/h2H,1H3,(H,8,9). The molecule has 0 saturated heterocycles. The van der Waals surface area contributed by atoms with Gasteiger partial charge in [0.1, 0.15) is 10.7 Å². The molecule has 0 aliphatic rings. The number of aryl methyl sites for hydroxylation is 1. The molecule has 0 radical (unpaired) electrons. The summed E-state index contributed by atoms with van der Waals surface area (Å²) < 4.78 is 1.05. The second-order valence-corrected chi connectivity index (χ2v) is 3.39. The minimum absolute atomic E-state index is 0.646. The Bertz CT molecular complexity index is 327. The van der Waals surface area contributed by atoms with E-state index in [0.29, 0.717) is 5.15 Å². The molecule has 2 heterocycles. The number of nitrogens with zero attached hydrogens (tertiary/aromatic N) is 1. The Hall–Kier alpha value is -0.540. The van der Waals surface area contributed by atoms with Crippen LogP contribution >= 0.6 is 22.9 Å². The van der Waals surface area contributed by atoms with Gasteiger partial charge in [0.15, 0.2) is 0 Å². The number of aromatic amines is 1. The smallest absolute Gasteiger partial charge is 0.142 e. The van der Waals surface area contributed by atoms with Crippen molar-refractivity contribution in [3.8, 4) is 0 Å². The maximum Gasteiger partial charge on any atom is 0.142 e. The van der Waals surface area contributed by atoms with E-state index in [0.717, 1.165) is 10.2 Å². The Morgan fingerprint density at radius 1 is 1.70 bits per heavy atom. The molecule has 0 aliphatic carbocycles. The summed E-state index contributed by atoms with van der Waals surface area (Å²) in [6.07, 6.45) is 0. The normalized spacial score (nSPS) is 11.0. The fourth-order valence-electron chi connectivity index (χ4n) is 0.888. The SMILES string of the molecule is Cc1csc2c(Cl)[nH]nc12. The number of hydrogen-bond acceptors (Lipinski definition) is 2. The van der Waals surface area contributed by atoms with Crippen LogP contribution in [-0.2, 0) is 0 Å². The third-order valence-electron chi connectivity index (χ3n) is 1.41. The lowest BCUT2D eigenvalue weighted by molar-refractivity contribution is 1.11. The molecular formula is C6H5ClN2S. The number of H-pyrrole nitrogens is 1. The van der Waals surface area contributed by atoms with E-state index in [1.165, 1.54) is 5.56 Å². The highest BCUT2D eigenvalue weighted by atomic mass is 35.5. The summed E-state index contributed by atoms with van der Waals surface area (Å²) in [5.41, 5.74) is 2.18. The fourth-order valence-corrected chi connectivity index (χ4v) is 2.03. The van der Waals surface area contributed by atoms with Crippen LogP contribution in [0.1, 0.15) is 5.56 Å². The molecule has 0 fully saturated rings. The molecule has 0 aliphatic heterocycles. The molecule has 0 bridgehead atoms. The van der Waals surface area contributed by atoms with Crippen LogP contribution in [-0.4, -0.2) is 10.2 Å². The van der Waals surface area contributed by atoms with Gasteiger partial charge < -0.3 is 0 Å². The molecule has 10 heavy (non-hydrogen) atoms. The lowest BCUT2D eigenvalue weighted by atomic mass is 10.3. The zero-order valence-electron chi connectivity index (χ0n) is 5.31. The molecule has 0 spiro atoms. The van der Waals surface area contributed by atoms with Gasteiger partial charge in [-0.05, 0) is 17.9 Å². The van der Waals surface area contributed by atoms with Gasteiger partial charge in [0.2, 0.25) is 0 Å². The monoisotopic (exact) mass is 172 g/mol. The Labute approximate surface area is 66.8 Å². The van der Waals surface area contributed by atoms with Gasteiger partial charge in [-0.1, -0.05) is 11.6 Å². The summed E-state index contributed by atoms with van der Waals surface area (Å²) >= 11 is 7.40. The van der Waals surface area contributed by atoms with Gasteiger partial charge in [-0.25, -0.2) is 0 Å².